The SMILES string of the molecule is COc1ccccc1C1CNCCN1Cc1cc(-c2ccco2)on1. The zero-order valence-corrected chi connectivity index (χ0v) is 14.1. The van der Waals surface area contributed by atoms with E-state index in [1.807, 2.05) is 30.3 Å². The van der Waals surface area contributed by atoms with Crippen LogP contribution < -0.4 is 10.1 Å². The van der Waals surface area contributed by atoms with Crippen LogP contribution in [0.15, 0.2) is 57.7 Å². The van der Waals surface area contributed by atoms with E-state index in [0.717, 1.165) is 31.1 Å². The van der Waals surface area contributed by atoms with Crippen LogP contribution in [0.25, 0.3) is 11.5 Å². The van der Waals surface area contributed by atoms with E-state index >= 15 is 0 Å². The molecule has 1 unspecified atom stereocenters. The van der Waals surface area contributed by atoms with Crippen LogP contribution in [0.1, 0.15) is 17.3 Å². The highest BCUT2D eigenvalue weighted by atomic mass is 16.5. The normalized spacial score (nSPS) is 18.4. The lowest BCUT2D eigenvalue weighted by Crippen LogP contribution is -2.45. The Hall–Kier alpha value is -2.57. The topological polar surface area (TPSA) is 63.7 Å². The minimum absolute atomic E-state index is 0.230. The predicted molar refractivity (Wildman–Crippen MR) is 93.2 cm³/mol. The lowest BCUT2D eigenvalue weighted by molar-refractivity contribution is 0.147. The molecule has 1 aliphatic rings. The van der Waals surface area contributed by atoms with Gasteiger partial charge in [-0.25, -0.2) is 0 Å². The second-order valence-corrected chi connectivity index (χ2v) is 6.09. The zero-order chi connectivity index (χ0) is 17.1. The Balaban J connectivity index is 1.55. The molecular weight excluding hydrogens is 318 g/mol. The smallest absolute Gasteiger partial charge is 0.202 e. The molecule has 25 heavy (non-hydrogen) atoms. The Bertz CT molecular complexity index is 813. The van der Waals surface area contributed by atoms with Crippen molar-refractivity contribution >= 4 is 0 Å². The maximum Gasteiger partial charge on any atom is 0.202 e. The molecule has 1 aliphatic heterocycles. The highest BCUT2D eigenvalue weighted by molar-refractivity contribution is 5.49. The van der Waals surface area contributed by atoms with E-state index in [2.05, 4.69) is 27.5 Å². The number of rotatable bonds is 5. The van der Waals surface area contributed by atoms with Gasteiger partial charge in [-0.05, 0) is 18.2 Å². The number of methoxy groups -OCH3 is 1. The van der Waals surface area contributed by atoms with Crippen molar-refractivity contribution in [3.63, 3.8) is 0 Å². The molecule has 0 radical (unpaired) electrons. The third-order valence-corrected chi connectivity index (χ3v) is 4.54. The predicted octanol–water partition coefficient (Wildman–Crippen LogP) is 3.09. The minimum atomic E-state index is 0.230. The van der Waals surface area contributed by atoms with Crippen molar-refractivity contribution in [3.05, 3.63) is 60.0 Å². The summed E-state index contributed by atoms with van der Waals surface area (Å²) in [5, 5.41) is 7.68. The fraction of sp³-hybridized carbons (Fsp3) is 0.316. The van der Waals surface area contributed by atoms with Gasteiger partial charge in [0.2, 0.25) is 5.76 Å². The molecule has 1 fully saturated rings. The molecule has 0 spiro atoms. The third kappa shape index (κ3) is 3.31. The molecule has 2 aromatic heterocycles. The Morgan fingerprint density at radius 2 is 2.16 bits per heavy atom. The van der Waals surface area contributed by atoms with Crippen LogP contribution in [0, 0.1) is 0 Å². The van der Waals surface area contributed by atoms with Crippen molar-refractivity contribution in [2.75, 3.05) is 26.7 Å². The maximum atomic E-state index is 5.55. The molecule has 6 nitrogen and oxygen atoms in total. The number of benzene rings is 1. The van der Waals surface area contributed by atoms with Crippen molar-refractivity contribution in [3.8, 4) is 17.3 Å². The van der Waals surface area contributed by atoms with E-state index in [9.17, 15) is 0 Å². The summed E-state index contributed by atoms with van der Waals surface area (Å²) in [5.41, 5.74) is 2.08. The molecule has 4 rings (SSSR count). The number of aromatic nitrogens is 1. The lowest BCUT2D eigenvalue weighted by Gasteiger charge is -2.36. The summed E-state index contributed by atoms with van der Waals surface area (Å²) >= 11 is 0. The molecule has 3 aromatic rings. The zero-order valence-electron chi connectivity index (χ0n) is 14.1. The van der Waals surface area contributed by atoms with Gasteiger partial charge in [-0.1, -0.05) is 23.4 Å². The number of furan rings is 1. The van der Waals surface area contributed by atoms with Gasteiger partial charge in [0.05, 0.1) is 25.1 Å². The van der Waals surface area contributed by atoms with E-state index in [4.69, 9.17) is 13.7 Å². The summed E-state index contributed by atoms with van der Waals surface area (Å²) in [6, 6.07) is 14.1. The molecule has 130 valence electrons. The number of para-hydroxylation sites is 1. The largest absolute Gasteiger partial charge is 0.496 e. The number of hydrogen-bond acceptors (Lipinski definition) is 6. The first-order valence-corrected chi connectivity index (χ1v) is 8.42. The van der Waals surface area contributed by atoms with Crippen molar-refractivity contribution < 1.29 is 13.7 Å². The Labute approximate surface area is 146 Å². The summed E-state index contributed by atoms with van der Waals surface area (Å²) in [6.45, 7) is 3.48. The molecule has 1 N–H and O–H groups in total. The average molecular weight is 339 g/mol. The van der Waals surface area contributed by atoms with E-state index in [1.165, 1.54) is 5.56 Å². The number of hydrogen-bond donors (Lipinski definition) is 1. The van der Waals surface area contributed by atoms with Crippen LogP contribution in [-0.4, -0.2) is 36.8 Å². The maximum absolute atomic E-state index is 5.55. The Kier molecular flexibility index (Phi) is 4.54. The minimum Gasteiger partial charge on any atom is -0.496 e. The van der Waals surface area contributed by atoms with Gasteiger partial charge in [0.25, 0.3) is 0 Å². The monoisotopic (exact) mass is 339 g/mol. The van der Waals surface area contributed by atoms with Crippen LogP contribution in [0.2, 0.25) is 0 Å². The summed E-state index contributed by atoms with van der Waals surface area (Å²) in [4.78, 5) is 2.40. The molecule has 3 heterocycles. The van der Waals surface area contributed by atoms with E-state index < -0.39 is 0 Å². The molecule has 1 atom stereocenters. The van der Waals surface area contributed by atoms with Gasteiger partial charge in [0.1, 0.15) is 5.75 Å². The molecule has 0 bridgehead atoms. The number of ether oxygens (including phenoxy) is 1. The van der Waals surface area contributed by atoms with Crippen molar-refractivity contribution in [1.82, 2.24) is 15.4 Å². The van der Waals surface area contributed by atoms with E-state index in [0.29, 0.717) is 18.1 Å². The molecule has 0 aliphatic carbocycles. The fourth-order valence-corrected chi connectivity index (χ4v) is 3.31. The standard InChI is InChI=1S/C19H21N3O3/c1-23-17-6-3-2-5-15(17)16-12-20-8-9-22(16)13-14-11-19(25-21-14)18-7-4-10-24-18/h2-7,10-11,16,20H,8-9,12-13H2,1H3. The van der Waals surface area contributed by atoms with Gasteiger partial charge in [-0.2, -0.15) is 0 Å². The van der Waals surface area contributed by atoms with Gasteiger partial charge in [-0.3, -0.25) is 4.90 Å². The Morgan fingerprint density at radius 1 is 1.24 bits per heavy atom. The van der Waals surface area contributed by atoms with Crippen LogP contribution in [0.4, 0.5) is 0 Å². The summed E-state index contributed by atoms with van der Waals surface area (Å²) < 4.78 is 16.3. The first-order valence-electron chi connectivity index (χ1n) is 8.42. The van der Waals surface area contributed by atoms with Crippen LogP contribution in [0.3, 0.4) is 0 Å². The van der Waals surface area contributed by atoms with Gasteiger partial charge in [0, 0.05) is 37.8 Å². The van der Waals surface area contributed by atoms with Crippen LogP contribution in [-0.2, 0) is 6.54 Å². The highest BCUT2D eigenvalue weighted by Gasteiger charge is 2.27. The van der Waals surface area contributed by atoms with Crippen molar-refractivity contribution in [2.24, 2.45) is 0 Å². The van der Waals surface area contributed by atoms with E-state index in [1.54, 1.807) is 13.4 Å². The first kappa shape index (κ1) is 15.9. The van der Waals surface area contributed by atoms with E-state index in [-0.39, 0.29) is 6.04 Å². The molecule has 1 aromatic carbocycles. The van der Waals surface area contributed by atoms with Crippen LogP contribution >= 0.6 is 0 Å². The van der Waals surface area contributed by atoms with Crippen LogP contribution in [0.5, 0.6) is 5.75 Å². The third-order valence-electron chi connectivity index (χ3n) is 4.54. The van der Waals surface area contributed by atoms with Gasteiger partial charge >= 0.3 is 0 Å². The van der Waals surface area contributed by atoms with Gasteiger partial charge in [0.15, 0.2) is 5.76 Å². The number of piperazine rings is 1. The summed E-state index contributed by atoms with van der Waals surface area (Å²) in [7, 11) is 1.71. The lowest BCUT2D eigenvalue weighted by atomic mass is 10.0. The molecule has 0 saturated carbocycles. The quantitative estimate of drug-likeness (QED) is 0.771. The number of nitrogens with one attached hydrogen (secondary N) is 1. The summed E-state index contributed by atoms with van der Waals surface area (Å²) in [5.74, 6) is 2.27. The molecule has 0 amide bonds. The molecule has 1 saturated heterocycles. The second-order valence-electron chi connectivity index (χ2n) is 6.09. The number of nitrogens with zero attached hydrogens (tertiary/aromatic N) is 2. The fourth-order valence-electron chi connectivity index (χ4n) is 3.31. The first-order chi connectivity index (χ1) is 12.3. The van der Waals surface area contributed by atoms with Gasteiger partial charge < -0.3 is 19.0 Å². The molecular formula is C19H21N3O3. The summed E-state index contributed by atoms with van der Waals surface area (Å²) in [6.07, 6.45) is 1.63. The highest BCUT2D eigenvalue weighted by Crippen LogP contribution is 2.31. The molecule has 6 heteroatoms. The average Bonchev–Trinajstić information content (AvgIpc) is 3.34. The second kappa shape index (κ2) is 7.13. The van der Waals surface area contributed by atoms with Crippen molar-refractivity contribution in [1.29, 1.82) is 0 Å². The Morgan fingerprint density at radius 3 is 3.00 bits per heavy atom. The van der Waals surface area contributed by atoms with Crippen molar-refractivity contribution in [2.45, 2.75) is 12.6 Å². The van der Waals surface area contributed by atoms with Gasteiger partial charge in [-0.15, -0.1) is 0 Å².